The van der Waals surface area contributed by atoms with Crippen LogP contribution in [-0.2, 0) is 17.8 Å². The van der Waals surface area contributed by atoms with Crippen molar-refractivity contribution in [3.63, 3.8) is 0 Å². The van der Waals surface area contributed by atoms with Gasteiger partial charge in [-0.05, 0) is 99.5 Å². The number of esters is 1. The minimum atomic E-state index is -0.647. The molecule has 9 rings (SSSR count). The maximum atomic E-state index is 14.5. The molecule has 0 spiro atoms. The number of rotatable bonds is 10. The molecular formula is C45H42Cl2F2N6O5. The van der Waals surface area contributed by atoms with E-state index < -0.39 is 23.0 Å². The van der Waals surface area contributed by atoms with Gasteiger partial charge in [0.1, 0.15) is 17.3 Å². The molecule has 6 aromatic rings. The molecule has 11 nitrogen and oxygen atoms in total. The Bertz CT molecular complexity index is 2750. The van der Waals surface area contributed by atoms with E-state index in [1.807, 2.05) is 36.0 Å². The van der Waals surface area contributed by atoms with Gasteiger partial charge in [0.2, 0.25) is 0 Å². The third-order valence-corrected chi connectivity index (χ3v) is 12.0. The average Bonchev–Trinajstić information content (AvgIpc) is 4.19. The fourth-order valence-corrected chi connectivity index (χ4v) is 8.34. The number of fused-ring (bicyclic) bond motifs is 2. The van der Waals surface area contributed by atoms with Crippen molar-refractivity contribution in [2.45, 2.75) is 76.7 Å². The number of piperidine rings is 1. The molecule has 2 saturated carbocycles. The van der Waals surface area contributed by atoms with Crippen LogP contribution < -0.4 is 15.8 Å². The first-order valence-corrected chi connectivity index (χ1v) is 20.6. The smallest absolute Gasteiger partial charge is 0.356 e. The molecule has 0 amide bonds. The second-order valence-corrected chi connectivity index (χ2v) is 16.5. The lowest BCUT2D eigenvalue weighted by atomic mass is 10.0. The summed E-state index contributed by atoms with van der Waals surface area (Å²) >= 11 is 11.9. The van der Waals surface area contributed by atoms with Gasteiger partial charge in [0.05, 0.1) is 45.6 Å². The van der Waals surface area contributed by atoms with Gasteiger partial charge in [-0.25, -0.2) is 18.6 Å². The summed E-state index contributed by atoms with van der Waals surface area (Å²) in [6, 6.07) is 13.8. The number of hydrogen-bond acceptors (Lipinski definition) is 9. The van der Waals surface area contributed by atoms with Crippen LogP contribution in [0.15, 0.2) is 82.9 Å². The van der Waals surface area contributed by atoms with Crippen molar-refractivity contribution in [1.82, 2.24) is 24.0 Å². The summed E-state index contributed by atoms with van der Waals surface area (Å²) in [4.78, 5) is 61.8. The summed E-state index contributed by atoms with van der Waals surface area (Å²) in [5, 5.41) is 0.571. The van der Waals surface area contributed by atoms with Gasteiger partial charge in [-0.2, -0.15) is 0 Å². The van der Waals surface area contributed by atoms with Crippen LogP contribution in [0, 0.1) is 18.6 Å². The molecule has 0 bridgehead atoms. The minimum Gasteiger partial charge on any atom is -0.464 e. The summed E-state index contributed by atoms with van der Waals surface area (Å²) in [6.07, 6.45) is 13.5. The second kappa shape index (κ2) is 17.2. The molecule has 2 aliphatic carbocycles. The zero-order valence-corrected chi connectivity index (χ0v) is 34.6. The molecule has 1 aliphatic heterocycles. The zero-order chi connectivity index (χ0) is 42.2. The fourth-order valence-electron chi connectivity index (χ4n) is 8.03. The highest BCUT2D eigenvalue weighted by Gasteiger charge is 2.30. The molecule has 0 radical (unpaired) electrons. The predicted octanol–water partition coefficient (Wildman–Crippen LogP) is 8.63. The molecule has 1 atom stereocenters. The maximum Gasteiger partial charge on any atom is 0.356 e. The Kier molecular flexibility index (Phi) is 11.8. The molecule has 15 heteroatoms. The molecule has 310 valence electrons. The van der Waals surface area contributed by atoms with E-state index in [-0.39, 0.29) is 50.2 Å². The van der Waals surface area contributed by atoms with Gasteiger partial charge in [0.25, 0.3) is 0 Å². The molecule has 5 heterocycles. The molecule has 0 unspecified atom stereocenters. The van der Waals surface area contributed by atoms with Crippen LogP contribution in [0.1, 0.15) is 88.3 Å². The Hall–Kier alpha value is -5.50. The van der Waals surface area contributed by atoms with Gasteiger partial charge in [0, 0.05) is 84.9 Å². The standard InChI is InChI=1S/C32H33ClFN5O3.C13H9ClFNO2/c1-20-12-21(9-10-35-20)16-38(25-4-3-11-37(19-25)24-7-8-29(36-15-24)32(41)42-2)17-22-18-39(23-5-6-23)30-14-27(33)28(34)13-26(30)31(22)40;14-10-4-12-9(3-11(10)15)13(18)7(6-17)5-16(12)8-1-2-8/h7-10,12-15,18,23,25H,3-6,11,16-17,19H2,1-2H3;3-6,8H,1-2H2/t25-;/m0./s1. The zero-order valence-electron chi connectivity index (χ0n) is 33.0. The van der Waals surface area contributed by atoms with E-state index in [9.17, 15) is 28.0 Å². The van der Waals surface area contributed by atoms with Crippen LogP contribution in [0.3, 0.4) is 0 Å². The lowest BCUT2D eigenvalue weighted by Crippen LogP contribution is -2.48. The van der Waals surface area contributed by atoms with Gasteiger partial charge in [-0.15, -0.1) is 0 Å². The highest BCUT2D eigenvalue weighted by molar-refractivity contribution is 6.31. The highest BCUT2D eigenvalue weighted by Crippen LogP contribution is 2.39. The fraction of sp³-hybridized carbons (Fsp3) is 0.333. The number of carbonyl (C=O) groups excluding carboxylic acids is 2. The Balaban J connectivity index is 0.000000230. The van der Waals surface area contributed by atoms with Crippen LogP contribution in [0.5, 0.6) is 0 Å². The van der Waals surface area contributed by atoms with Crippen LogP contribution in [-0.4, -0.2) is 62.5 Å². The van der Waals surface area contributed by atoms with Gasteiger partial charge >= 0.3 is 5.97 Å². The van der Waals surface area contributed by atoms with Gasteiger partial charge in [-0.3, -0.25) is 24.3 Å². The number of nitrogens with zero attached hydrogens (tertiary/aromatic N) is 6. The van der Waals surface area contributed by atoms with Crippen molar-refractivity contribution in [2.24, 2.45) is 0 Å². The SMILES string of the molecule is COC(=O)c1ccc(N2CCC[C@H](N(Cc3ccnc(C)c3)Cc3cn(C4CC4)c4cc(Cl)c(F)cc4c3=O)C2)cn1.O=Cc1cn(C2CC2)c2cc(Cl)c(F)cc2c1=O. The summed E-state index contributed by atoms with van der Waals surface area (Å²) in [5.41, 5.74) is 4.59. The van der Waals surface area contributed by atoms with Gasteiger partial charge in [0.15, 0.2) is 17.1 Å². The summed E-state index contributed by atoms with van der Waals surface area (Å²) < 4.78 is 36.7. The number of aldehydes is 1. The number of ether oxygens (including phenoxy) is 1. The first kappa shape index (κ1) is 41.2. The lowest BCUT2D eigenvalue weighted by Gasteiger charge is -2.40. The number of carbonyl (C=O) groups is 2. The molecule has 0 N–H and O–H groups in total. The maximum absolute atomic E-state index is 14.5. The summed E-state index contributed by atoms with van der Waals surface area (Å²) in [7, 11) is 1.34. The quantitative estimate of drug-likeness (QED) is 0.0986. The van der Waals surface area contributed by atoms with E-state index in [2.05, 4.69) is 30.4 Å². The second-order valence-electron chi connectivity index (χ2n) is 15.7. The number of anilines is 1. The molecule has 3 fully saturated rings. The van der Waals surface area contributed by atoms with E-state index in [1.54, 1.807) is 18.3 Å². The van der Waals surface area contributed by atoms with E-state index in [1.165, 1.54) is 25.4 Å². The third-order valence-electron chi connectivity index (χ3n) is 11.4. The number of halogens is 4. The van der Waals surface area contributed by atoms with Crippen molar-refractivity contribution in [1.29, 1.82) is 0 Å². The number of aryl methyl sites for hydroxylation is 1. The van der Waals surface area contributed by atoms with Gasteiger partial charge < -0.3 is 18.8 Å². The van der Waals surface area contributed by atoms with Crippen molar-refractivity contribution >= 4 is 63.0 Å². The van der Waals surface area contributed by atoms with Crippen molar-refractivity contribution in [3.8, 4) is 0 Å². The van der Waals surface area contributed by atoms with E-state index in [0.717, 1.165) is 74.6 Å². The number of aromatic nitrogens is 4. The monoisotopic (exact) mass is 854 g/mol. The van der Waals surface area contributed by atoms with Crippen LogP contribution >= 0.6 is 23.2 Å². The summed E-state index contributed by atoms with van der Waals surface area (Å²) in [5.74, 6) is -1.70. The molecule has 3 aliphatic rings. The topological polar surface area (TPSA) is 120 Å². The summed E-state index contributed by atoms with van der Waals surface area (Å²) in [6.45, 7) is 4.63. The van der Waals surface area contributed by atoms with Gasteiger partial charge in [-0.1, -0.05) is 23.2 Å². The molecular weight excluding hydrogens is 813 g/mol. The number of benzene rings is 2. The predicted molar refractivity (Wildman–Crippen MR) is 227 cm³/mol. The normalized spacial score (nSPS) is 16.5. The highest BCUT2D eigenvalue weighted by atomic mass is 35.5. The Morgan fingerprint density at radius 3 is 2.10 bits per heavy atom. The number of hydrogen-bond donors (Lipinski definition) is 0. The Labute approximate surface area is 354 Å². The van der Waals surface area contributed by atoms with E-state index in [0.29, 0.717) is 41.4 Å². The molecule has 2 aromatic carbocycles. The Morgan fingerprint density at radius 1 is 0.867 bits per heavy atom. The Morgan fingerprint density at radius 2 is 1.52 bits per heavy atom. The average molecular weight is 856 g/mol. The third kappa shape index (κ3) is 8.70. The lowest BCUT2D eigenvalue weighted by molar-refractivity contribution is 0.0594. The first-order valence-electron chi connectivity index (χ1n) is 19.9. The van der Waals surface area contributed by atoms with E-state index in [4.69, 9.17) is 27.9 Å². The number of methoxy groups -OCH3 is 1. The van der Waals surface area contributed by atoms with Crippen molar-refractivity contribution in [2.75, 3.05) is 25.1 Å². The minimum absolute atomic E-state index is 0.0184. The van der Waals surface area contributed by atoms with E-state index >= 15 is 0 Å². The van der Waals surface area contributed by atoms with Crippen molar-refractivity contribution in [3.05, 3.63) is 144 Å². The van der Waals surface area contributed by atoms with Crippen LogP contribution in [0.2, 0.25) is 10.0 Å². The molecule has 1 saturated heterocycles. The largest absolute Gasteiger partial charge is 0.464 e. The molecule has 60 heavy (non-hydrogen) atoms. The number of pyridine rings is 4. The first-order chi connectivity index (χ1) is 28.9. The van der Waals surface area contributed by atoms with Crippen LogP contribution in [0.4, 0.5) is 14.5 Å². The molecule has 4 aromatic heterocycles. The van der Waals surface area contributed by atoms with Crippen LogP contribution in [0.25, 0.3) is 21.8 Å². The van der Waals surface area contributed by atoms with Crippen molar-refractivity contribution < 1.29 is 23.1 Å².